The topological polar surface area (TPSA) is 25.2 Å². The molecule has 0 aliphatic heterocycles. The van der Waals surface area contributed by atoms with Gasteiger partial charge in [-0.05, 0) is 59.7 Å². The lowest BCUT2D eigenvalue weighted by molar-refractivity contribution is 0.444. The molecule has 1 aromatic heterocycles. The molecule has 0 aliphatic carbocycles. The van der Waals surface area contributed by atoms with E-state index >= 15 is 0 Å². The fraction of sp³-hybridized carbons (Fsp3) is 0.231. The van der Waals surface area contributed by atoms with Crippen molar-refractivity contribution in [1.29, 1.82) is 0 Å². The molecule has 2 rings (SSSR count). The van der Waals surface area contributed by atoms with Gasteiger partial charge >= 0.3 is 0 Å². The summed E-state index contributed by atoms with van der Waals surface area (Å²) in [6.07, 6.45) is 0. The Morgan fingerprint density at radius 1 is 1.29 bits per heavy atom. The first kappa shape index (κ1) is 12.7. The van der Waals surface area contributed by atoms with Gasteiger partial charge in [-0.15, -0.1) is 0 Å². The predicted octanol–water partition coefficient (Wildman–Crippen LogP) is 4.31. The van der Waals surface area contributed by atoms with Crippen LogP contribution in [0.3, 0.4) is 0 Å². The molecule has 17 heavy (non-hydrogen) atoms. The smallest absolute Gasteiger partial charge is 0.125 e. The summed E-state index contributed by atoms with van der Waals surface area (Å²) in [5, 5.41) is 3.93. The molecular formula is C13H13BrClNO. The quantitative estimate of drug-likeness (QED) is 0.913. The highest BCUT2D eigenvalue weighted by atomic mass is 79.9. The van der Waals surface area contributed by atoms with Gasteiger partial charge in [0.15, 0.2) is 0 Å². The van der Waals surface area contributed by atoms with E-state index in [1.165, 1.54) is 0 Å². The maximum atomic E-state index is 6.10. The van der Waals surface area contributed by atoms with Gasteiger partial charge in [-0.1, -0.05) is 17.7 Å². The molecule has 0 bridgehead atoms. The molecule has 2 aromatic rings. The van der Waals surface area contributed by atoms with Gasteiger partial charge in [0.25, 0.3) is 0 Å². The maximum absolute atomic E-state index is 6.10. The second-order valence-electron chi connectivity index (χ2n) is 3.84. The standard InChI is InChI=1S/C13H13BrClNO/c1-8-3-6-12(17-8)13(16-2)9-4-5-10(14)11(15)7-9/h3-7,13,16H,1-2H3. The second kappa shape index (κ2) is 5.25. The van der Waals surface area contributed by atoms with Gasteiger partial charge in [-0.3, -0.25) is 0 Å². The predicted molar refractivity (Wildman–Crippen MR) is 73.5 cm³/mol. The van der Waals surface area contributed by atoms with Crippen LogP contribution in [0.5, 0.6) is 0 Å². The first-order valence-corrected chi connectivity index (χ1v) is 6.47. The Bertz CT molecular complexity index is 524. The van der Waals surface area contributed by atoms with Crippen molar-refractivity contribution >= 4 is 27.5 Å². The molecule has 0 fully saturated rings. The van der Waals surface area contributed by atoms with Crippen LogP contribution in [0, 0.1) is 6.92 Å². The lowest BCUT2D eigenvalue weighted by atomic mass is 10.1. The Hall–Kier alpha value is -0.770. The summed E-state index contributed by atoms with van der Waals surface area (Å²) in [6, 6.07) is 9.86. The van der Waals surface area contributed by atoms with Gasteiger partial charge in [-0.2, -0.15) is 0 Å². The Morgan fingerprint density at radius 3 is 2.59 bits per heavy atom. The van der Waals surface area contributed by atoms with Crippen LogP contribution in [-0.2, 0) is 0 Å². The molecule has 1 unspecified atom stereocenters. The molecule has 2 nitrogen and oxygen atoms in total. The fourth-order valence-electron chi connectivity index (χ4n) is 1.77. The monoisotopic (exact) mass is 313 g/mol. The van der Waals surface area contributed by atoms with Crippen molar-refractivity contribution < 1.29 is 4.42 Å². The van der Waals surface area contributed by atoms with Gasteiger partial charge in [-0.25, -0.2) is 0 Å². The van der Waals surface area contributed by atoms with Crippen molar-refractivity contribution in [2.45, 2.75) is 13.0 Å². The van der Waals surface area contributed by atoms with Crippen LogP contribution in [0.4, 0.5) is 0 Å². The number of hydrogen-bond acceptors (Lipinski definition) is 2. The Balaban J connectivity index is 2.38. The van der Waals surface area contributed by atoms with Gasteiger partial charge in [0.1, 0.15) is 11.5 Å². The number of benzene rings is 1. The molecule has 0 spiro atoms. The van der Waals surface area contributed by atoms with Crippen LogP contribution in [0.15, 0.2) is 39.2 Å². The summed E-state index contributed by atoms with van der Waals surface area (Å²) < 4.78 is 6.54. The van der Waals surface area contributed by atoms with Crippen LogP contribution < -0.4 is 5.32 Å². The zero-order valence-electron chi connectivity index (χ0n) is 9.63. The van der Waals surface area contributed by atoms with Crippen molar-refractivity contribution in [2.75, 3.05) is 7.05 Å². The average Bonchev–Trinajstić information content (AvgIpc) is 2.71. The third-order valence-corrected chi connectivity index (χ3v) is 3.84. The average molecular weight is 315 g/mol. The summed E-state index contributed by atoms with van der Waals surface area (Å²) in [7, 11) is 1.90. The first-order valence-electron chi connectivity index (χ1n) is 5.30. The summed E-state index contributed by atoms with van der Waals surface area (Å²) in [5.74, 6) is 1.80. The third kappa shape index (κ3) is 2.73. The van der Waals surface area contributed by atoms with Crippen LogP contribution in [0.25, 0.3) is 0 Å². The normalized spacial score (nSPS) is 12.7. The Labute approximate surface area is 114 Å². The number of aryl methyl sites for hydroxylation is 1. The van der Waals surface area contributed by atoms with Crippen molar-refractivity contribution in [3.05, 3.63) is 56.9 Å². The van der Waals surface area contributed by atoms with Crippen LogP contribution in [0.2, 0.25) is 5.02 Å². The lowest BCUT2D eigenvalue weighted by Gasteiger charge is -2.14. The third-order valence-electron chi connectivity index (χ3n) is 2.61. The fourth-order valence-corrected chi connectivity index (χ4v) is 2.21. The zero-order valence-corrected chi connectivity index (χ0v) is 12.0. The minimum absolute atomic E-state index is 0.0225. The Kier molecular flexibility index (Phi) is 3.92. The summed E-state index contributed by atoms with van der Waals surface area (Å²) >= 11 is 9.49. The van der Waals surface area contributed by atoms with Gasteiger partial charge < -0.3 is 9.73 Å². The van der Waals surface area contributed by atoms with E-state index < -0.39 is 0 Å². The highest BCUT2D eigenvalue weighted by Gasteiger charge is 2.16. The molecular weight excluding hydrogens is 302 g/mol. The largest absolute Gasteiger partial charge is 0.464 e. The van der Waals surface area contributed by atoms with Crippen LogP contribution >= 0.6 is 27.5 Å². The van der Waals surface area contributed by atoms with Crippen molar-refractivity contribution in [3.63, 3.8) is 0 Å². The Morgan fingerprint density at radius 2 is 2.06 bits per heavy atom. The van der Waals surface area contributed by atoms with Gasteiger partial charge in [0.2, 0.25) is 0 Å². The number of hydrogen-bond donors (Lipinski definition) is 1. The van der Waals surface area contributed by atoms with Crippen molar-refractivity contribution in [2.24, 2.45) is 0 Å². The molecule has 0 saturated heterocycles. The molecule has 1 heterocycles. The minimum atomic E-state index is 0.0225. The molecule has 1 N–H and O–H groups in total. The molecule has 0 amide bonds. The molecule has 1 atom stereocenters. The molecule has 0 saturated carbocycles. The van der Waals surface area contributed by atoms with E-state index in [1.807, 2.05) is 44.3 Å². The number of furan rings is 1. The molecule has 0 radical (unpaired) electrons. The summed E-state index contributed by atoms with van der Waals surface area (Å²) in [6.45, 7) is 1.94. The van der Waals surface area contributed by atoms with E-state index in [0.717, 1.165) is 21.6 Å². The van der Waals surface area contributed by atoms with E-state index in [2.05, 4.69) is 21.2 Å². The first-order chi connectivity index (χ1) is 8.11. The van der Waals surface area contributed by atoms with E-state index in [4.69, 9.17) is 16.0 Å². The molecule has 0 aliphatic rings. The van der Waals surface area contributed by atoms with Crippen LogP contribution in [0.1, 0.15) is 23.1 Å². The van der Waals surface area contributed by atoms with E-state index in [1.54, 1.807) is 0 Å². The van der Waals surface area contributed by atoms with E-state index in [9.17, 15) is 0 Å². The molecule has 90 valence electrons. The van der Waals surface area contributed by atoms with E-state index in [0.29, 0.717) is 5.02 Å². The highest BCUT2D eigenvalue weighted by molar-refractivity contribution is 9.10. The van der Waals surface area contributed by atoms with Crippen LogP contribution in [-0.4, -0.2) is 7.05 Å². The second-order valence-corrected chi connectivity index (χ2v) is 5.11. The molecule has 1 aromatic carbocycles. The number of nitrogens with one attached hydrogen (secondary N) is 1. The van der Waals surface area contributed by atoms with Gasteiger partial charge in [0.05, 0.1) is 11.1 Å². The summed E-state index contributed by atoms with van der Waals surface area (Å²) in [5.41, 5.74) is 1.08. The maximum Gasteiger partial charge on any atom is 0.125 e. The summed E-state index contributed by atoms with van der Waals surface area (Å²) in [4.78, 5) is 0. The van der Waals surface area contributed by atoms with Gasteiger partial charge in [0, 0.05) is 4.47 Å². The minimum Gasteiger partial charge on any atom is -0.464 e. The number of halogens is 2. The van der Waals surface area contributed by atoms with E-state index in [-0.39, 0.29) is 6.04 Å². The highest BCUT2D eigenvalue weighted by Crippen LogP contribution is 2.29. The number of rotatable bonds is 3. The molecule has 4 heteroatoms. The SMILES string of the molecule is CNC(c1ccc(Br)c(Cl)c1)c1ccc(C)o1. The van der Waals surface area contributed by atoms with Crippen molar-refractivity contribution in [1.82, 2.24) is 5.32 Å². The zero-order chi connectivity index (χ0) is 12.4. The lowest BCUT2D eigenvalue weighted by Crippen LogP contribution is -2.16. The van der Waals surface area contributed by atoms with Crippen molar-refractivity contribution in [3.8, 4) is 0 Å².